The molecule has 0 aromatic rings. The van der Waals surface area contributed by atoms with Crippen molar-refractivity contribution in [2.45, 2.75) is 367 Å². The lowest BCUT2D eigenvalue weighted by molar-refractivity contribution is -0.398. The lowest BCUT2D eigenvalue weighted by Gasteiger charge is -2.52. The van der Waals surface area contributed by atoms with Gasteiger partial charge in [-0.05, 0) is 0 Å². The Labute approximate surface area is 818 Å². The average Bonchev–Trinajstić information content (AvgIpc) is 0.755. The van der Waals surface area contributed by atoms with E-state index in [0.29, 0.717) is 0 Å². The molecular weight excluding hydrogens is 1960 g/mol. The van der Waals surface area contributed by atoms with Gasteiger partial charge >= 0.3 is 131 Å². The third-order valence-electron chi connectivity index (χ3n) is 20.6. The summed E-state index contributed by atoms with van der Waals surface area (Å²) < 4.78 is 208. The van der Waals surface area contributed by atoms with Crippen molar-refractivity contribution in [1.82, 2.24) is 0 Å². The summed E-state index contributed by atoms with van der Waals surface area (Å²) in [5.74, 6) is -25.9. The van der Waals surface area contributed by atoms with Gasteiger partial charge < -0.3 is 171 Å². The number of carbonyl (C=O) groups is 22. The molecule has 144 heavy (non-hydrogen) atoms. The molecule has 1 unspecified atom stereocenters. The zero-order valence-corrected chi connectivity index (χ0v) is 81.9. The molecule has 58 nitrogen and oxygen atoms in total. The molecule has 0 amide bonds. The summed E-state index contributed by atoms with van der Waals surface area (Å²) in [5.41, 5.74) is 0. The predicted molar refractivity (Wildman–Crippen MR) is 442 cm³/mol. The third-order valence-corrected chi connectivity index (χ3v) is 20.6. The molecule has 7 aliphatic rings. The quantitative estimate of drug-likeness (QED) is 0.0454. The molecule has 7 fully saturated rings. The van der Waals surface area contributed by atoms with Crippen LogP contribution < -0.4 is 0 Å². The number of aliphatic hydroxyl groups is 1. The van der Waals surface area contributed by atoms with E-state index < -0.39 is 393 Å². The smallest absolute Gasteiger partial charge is 0.303 e. The van der Waals surface area contributed by atoms with Gasteiger partial charge in [0.05, 0.1) is 0 Å². The molecule has 1 N–H and O–H groups in total. The van der Waals surface area contributed by atoms with Crippen molar-refractivity contribution in [3.8, 4) is 0 Å². The van der Waals surface area contributed by atoms with Gasteiger partial charge in [-0.25, -0.2) is 0 Å². The second-order valence-electron chi connectivity index (χ2n) is 32.7. The molecule has 0 aromatic carbocycles. The first-order chi connectivity index (χ1) is 67.4. The minimum Gasteiger partial charge on any atom is -0.463 e. The van der Waals surface area contributed by atoms with Gasteiger partial charge in [0.25, 0.3) is 0 Å². The van der Waals surface area contributed by atoms with E-state index in [-0.39, 0.29) is 0 Å². The van der Waals surface area contributed by atoms with E-state index in [4.69, 9.17) is 166 Å². The summed E-state index contributed by atoms with van der Waals surface area (Å²) in [7, 11) is 0. The molecule has 35 atom stereocenters. The molecule has 7 rings (SSSR count). The van der Waals surface area contributed by atoms with E-state index in [1.807, 2.05) is 0 Å². The van der Waals surface area contributed by atoms with E-state index in [1.54, 1.807) is 0 Å². The van der Waals surface area contributed by atoms with Crippen LogP contribution in [0.5, 0.6) is 0 Å². The van der Waals surface area contributed by atoms with Crippen LogP contribution in [0.25, 0.3) is 0 Å². The SMILES string of the molecule is CC(=O)OC[C@H]1O[C@H](O[C@H]2[C@H](OC(C)=O)[C@@H](OC(C)=O)[C@@H](O[C@H]3[C@H](OC(C)=O)[C@@H](OC(C)=O)[C@@H](O[C@H]4[C@H](OC(C)=O)[C@@H](OC(C)=O)[C@@H](O[C@H]5[C@@H](OC(C)=O)[C@@H](OC(C)=O)[C@@H](O[C@H]6[C@H](OC(C)=O)[C@@H](OC(C)=O)[C@@H](O[C@H]7[C@H](OC(C)=O)[C@@H](OC(C)=O)C(O)O[C@@H]7COC(C)=O)O[C@@H]6COC(C)=O)O[C@@H]5COC(C)=O)O[C@@H]4COC(C)=O)O[C@@H]3COC(C)=O)O[C@@H]2COC(C)=O)[C@H](OC(C)=O)[C@@H](OC(C)=O)[C@@H]1OC(C)=O. The Kier molecular flexibility index (Phi) is 45.1. The molecule has 58 heteroatoms. The van der Waals surface area contributed by atoms with Crippen LogP contribution in [0.1, 0.15) is 152 Å². The van der Waals surface area contributed by atoms with Gasteiger partial charge in [0.2, 0.25) is 0 Å². The number of ether oxygens (including phenoxy) is 35. The van der Waals surface area contributed by atoms with Gasteiger partial charge in [0.1, 0.15) is 126 Å². The van der Waals surface area contributed by atoms with E-state index in [2.05, 4.69) is 0 Å². The molecule has 0 aliphatic carbocycles. The zero-order chi connectivity index (χ0) is 108. The van der Waals surface area contributed by atoms with Crippen molar-refractivity contribution in [2.24, 2.45) is 0 Å². The van der Waals surface area contributed by atoms with Crippen LogP contribution in [0.3, 0.4) is 0 Å². The van der Waals surface area contributed by atoms with E-state index in [0.717, 1.165) is 152 Å². The molecule has 7 saturated heterocycles. The lowest BCUT2D eigenvalue weighted by Crippen LogP contribution is -2.70. The fourth-order valence-electron chi connectivity index (χ4n) is 15.9. The zero-order valence-electron chi connectivity index (χ0n) is 81.9. The second kappa shape index (κ2) is 54.6. The van der Waals surface area contributed by atoms with Gasteiger partial charge in [-0.1, -0.05) is 0 Å². The number of hydrogen-bond donors (Lipinski definition) is 1. The summed E-state index contributed by atoms with van der Waals surface area (Å²) in [4.78, 5) is 292. The van der Waals surface area contributed by atoms with E-state index in [1.165, 1.54) is 0 Å². The maximum Gasteiger partial charge on any atom is 0.303 e. The van der Waals surface area contributed by atoms with Crippen molar-refractivity contribution in [3.63, 3.8) is 0 Å². The maximum absolute atomic E-state index is 14.0. The summed E-state index contributed by atoms with van der Waals surface area (Å²) in [5, 5.41) is 11.2. The summed E-state index contributed by atoms with van der Waals surface area (Å²) in [6, 6.07) is 0. The number of aliphatic hydroxyl groups excluding tert-OH is 1. The second-order valence-corrected chi connectivity index (χ2v) is 32.7. The number of rotatable bonds is 41. The van der Waals surface area contributed by atoms with Gasteiger partial charge in [-0.2, -0.15) is 0 Å². The summed E-state index contributed by atoms with van der Waals surface area (Å²) in [6.45, 7) is 11.6. The van der Waals surface area contributed by atoms with Crippen molar-refractivity contribution < 1.29 is 276 Å². The highest BCUT2D eigenvalue weighted by molar-refractivity contribution is 5.74. The highest BCUT2D eigenvalue weighted by Crippen LogP contribution is 2.44. The fraction of sp³-hybridized carbons (Fsp3) is 0.744. The highest BCUT2D eigenvalue weighted by Gasteiger charge is 2.66. The molecule has 808 valence electrons. The van der Waals surface area contributed by atoms with Crippen molar-refractivity contribution in [2.75, 3.05) is 46.2 Å². The molecule has 7 heterocycles. The minimum absolute atomic E-state index is 0.775. The largest absolute Gasteiger partial charge is 0.463 e. The average molecular weight is 2080 g/mol. The van der Waals surface area contributed by atoms with Gasteiger partial charge in [-0.3, -0.25) is 105 Å². The first kappa shape index (κ1) is 119. The molecule has 0 saturated carbocycles. The predicted octanol–water partition coefficient (Wildman–Crippen LogP) is -3.72. The number of carbonyl (C=O) groups excluding carboxylic acids is 22. The van der Waals surface area contributed by atoms with Crippen LogP contribution in [0, 0.1) is 0 Å². The Bertz CT molecular complexity index is 4520. The Morgan fingerprint density at radius 3 is 0.403 bits per heavy atom. The molecule has 7 aliphatic heterocycles. The molecule has 0 spiro atoms. The molecule has 0 aromatic heterocycles. The molecular formula is C86H116O58. The van der Waals surface area contributed by atoms with Gasteiger partial charge in [0.15, 0.2) is 136 Å². The Morgan fingerprint density at radius 1 is 0.146 bits per heavy atom. The van der Waals surface area contributed by atoms with Gasteiger partial charge in [-0.15, -0.1) is 0 Å². The van der Waals surface area contributed by atoms with Gasteiger partial charge in [0, 0.05) is 152 Å². The van der Waals surface area contributed by atoms with E-state index in [9.17, 15) is 111 Å². The van der Waals surface area contributed by atoms with E-state index >= 15 is 0 Å². The summed E-state index contributed by atoms with van der Waals surface area (Å²) >= 11 is 0. The normalized spacial score (nSPS) is 33.3. The van der Waals surface area contributed by atoms with Crippen LogP contribution in [0.15, 0.2) is 0 Å². The number of esters is 22. The Hall–Kier alpha value is -12.2. The standard InChI is InChI=1S/C86H116O58/c1-30(87)110-23-52-60(66(118-38(9)95)73(80(109)132-52)125-45(16)102)139-82-75(127-47(18)104)68(120-40(11)97)62(54(134-82)25-112-32(3)89)141-84-77(129-49(20)106)70(122-42(13)99)64(56(136-84)27-114-34(5)91)143-86-79(131-51(22)108)72(124-44(15)101)65(58(138-86)29-116-36(7)93)144-85-78(130-50(21)107)71(123-43(14)100)63(57(137-85)28-115-35(6)92)142-83-76(128-48(19)105)69(121-41(12)98)61(55(135-83)26-113-33(4)90)140-81-74(126-46(17)103)67(119-39(10)96)59(117-37(8)94)53(133-81)24-111-31(2)88/h52-86,109H,23-29H2,1-22H3/t52-,53-,54-,55-,56-,57-,58-,59-,60-,61-,62-,63-,64-,65-,66+,67+,68+,69+,70-,71+,72+,73-,74-,75-,76-,77-,78-,79-,80?,81-,82-,83-,84-,85-,86-/m1/s1. The van der Waals surface area contributed by atoms with Crippen LogP contribution >= 0.6 is 0 Å². The first-order valence-corrected chi connectivity index (χ1v) is 44.1. The number of hydrogen-bond acceptors (Lipinski definition) is 58. The van der Waals surface area contributed by atoms with Crippen molar-refractivity contribution in [3.05, 3.63) is 0 Å². The summed E-state index contributed by atoms with van der Waals surface area (Å²) in [6.07, 6.45) is -76.9. The van der Waals surface area contributed by atoms with Crippen LogP contribution in [-0.2, 0) is 271 Å². The molecule has 0 radical (unpaired) electrons. The van der Waals surface area contributed by atoms with Crippen LogP contribution in [0.2, 0.25) is 0 Å². The Morgan fingerprint density at radius 2 is 0.257 bits per heavy atom. The lowest BCUT2D eigenvalue weighted by atomic mass is 9.94. The third kappa shape index (κ3) is 35.3. The Balaban J connectivity index is 1.39. The maximum atomic E-state index is 14.0. The monoisotopic (exact) mass is 2080 g/mol. The minimum atomic E-state index is -2.50. The highest BCUT2D eigenvalue weighted by atomic mass is 16.8. The molecule has 0 bridgehead atoms. The first-order valence-electron chi connectivity index (χ1n) is 44.1. The fourth-order valence-corrected chi connectivity index (χ4v) is 15.9. The van der Waals surface area contributed by atoms with Crippen molar-refractivity contribution in [1.29, 1.82) is 0 Å². The topological polar surface area (TPSA) is 719 Å². The van der Waals surface area contributed by atoms with Crippen LogP contribution in [-0.4, -0.2) is 398 Å². The van der Waals surface area contributed by atoms with Crippen LogP contribution in [0.4, 0.5) is 0 Å². The van der Waals surface area contributed by atoms with Crippen molar-refractivity contribution >= 4 is 131 Å².